The van der Waals surface area contributed by atoms with Crippen molar-refractivity contribution in [2.75, 3.05) is 5.32 Å². The van der Waals surface area contributed by atoms with Gasteiger partial charge in [0.25, 0.3) is 5.56 Å². The topological polar surface area (TPSA) is 101 Å². The van der Waals surface area contributed by atoms with E-state index in [4.69, 9.17) is 11.6 Å². The SMILES string of the molecule is O=c1c(Cl)c(NCc2nn[nH]n2)cnn1-c1cccc(C(F)(F)F)c1. The smallest absolute Gasteiger partial charge is 0.375 e. The van der Waals surface area contributed by atoms with E-state index in [1.807, 2.05) is 0 Å². The summed E-state index contributed by atoms with van der Waals surface area (Å²) < 4.78 is 39.2. The third-order valence-electron chi connectivity index (χ3n) is 3.16. The van der Waals surface area contributed by atoms with Crippen molar-refractivity contribution < 1.29 is 13.2 Å². The lowest BCUT2D eigenvalue weighted by atomic mass is 10.2. The predicted octanol–water partition coefficient (Wildman–Crippen LogP) is 2.03. The van der Waals surface area contributed by atoms with Crippen molar-refractivity contribution in [3.8, 4) is 5.69 Å². The van der Waals surface area contributed by atoms with Crippen LogP contribution in [-0.4, -0.2) is 30.4 Å². The van der Waals surface area contributed by atoms with Crippen molar-refractivity contribution in [1.29, 1.82) is 0 Å². The molecule has 130 valence electrons. The fraction of sp³-hybridized carbons (Fsp3) is 0.154. The normalized spacial score (nSPS) is 11.5. The van der Waals surface area contributed by atoms with E-state index >= 15 is 0 Å². The number of alkyl halides is 3. The van der Waals surface area contributed by atoms with E-state index in [-0.39, 0.29) is 22.9 Å². The molecule has 0 amide bonds. The van der Waals surface area contributed by atoms with Gasteiger partial charge in [-0.3, -0.25) is 4.79 Å². The Bertz CT molecular complexity index is 940. The summed E-state index contributed by atoms with van der Waals surface area (Å²) >= 11 is 6.00. The molecule has 0 radical (unpaired) electrons. The minimum atomic E-state index is -4.53. The van der Waals surface area contributed by atoms with Crippen LogP contribution in [-0.2, 0) is 12.7 Å². The first-order valence-electron chi connectivity index (χ1n) is 6.78. The van der Waals surface area contributed by atoms with Gasteiger partial charge >= 0.3 is 6.18 Å². The van der Waals surface area contributed by atoms with Crippen LogP contribution < -0.4 is 10.9 Å². The van der Waals surface area contributed by atoms with Gasteiger partial charge in [-0.25, -0.2) is 0 Å². The molecule has 1 aromatic carbocycles. The van der Waals surface area contributed by atoms with Crippen molar-refractivity contribution in [3.05, 3.63) is 57.2 Å². The minimum absolute atomic E-state index is 0.0496. The second-order valence-electron chi connectivity index (χ2n) is 4.82. The van der Waals surface area contributed by atoms with Crippen molar-refractivity contribution in [2.24, 2.45) is 0 Å². The third-order valence-corrected chi connectivity index (χ3v) is 3.53. The number of H-pyrrole nitrogens is 1. The van der Waals surface area contributed by atoms with Gasteiger partial charge in [0.15, 0.2) is 5.82 Å². The molecule has 3 rings (SSSR count). The fourth-order valence-electron chi connectivity index (χ4n) is 1.99. The lowest BCUT2D eigenvalue weighted by molar-refractivity contribution is -0.137. The molecule has 0 saturated carbocycles. The number of benzene rings is 1. The van der Waals surface area contributed by atoms with Gasteiger partial charge in [0.2, 0.25) is 0 Å². The summed E-state index contributed by atoms with van der Waals surface area (Å²) in [5, 5.41) is 19.5. The quantitative estimate of drug-likeness (QED) is 0.727. The van der Waals surface area contributed by atoms with Crippen LogP contribution in [0.5, 0.6) is 0 Å². The molecule has 0 fully saturated rings. The molecule has 8 nitrogen and oxygen atoms in total. The Morgan fingerprint density at radius 3 is 2.80 bits per heavy atom. The Morgan fingerprint density at radius 2 is 2.12 bits per heavy atom. The number of halogens is 4. The van der Waals surface area contributed by atoms with E-state index in [9.17, 15) is 18.0 Å². The number of anilines is 1. The first-order valence-corrected chi connectivity index (χ1v) is 7.16. The predicted molar refractivity (Wildman–Crippen MR) is 81.4 cm³/mol. The summed E-state index contributed by atoms with van der Waals surface area (Å²) in [4.78, 5) is 12.3. The highest BCUT2D eigenvalue weighted by Gasteiger charge is 2.30. The zero-order valence-corrected chi connectivity index (χ0v) is 13.0. The number of nitrogens with zero attached hydrogens (tertiary/aromatic N) is 5. The summed E-state index contributed by atoms with van der Waals surface area (Å²) in [6, 6.07) is 4.23. The van der Waals surface area contributed by atoms with Gasteiger partial charge in [-0.1, -0.05) is 22.9 Å². The number of tetrazole rings is 1. The van der Waals surface area contributed by atoms with Crippen molar-refractivity contribution in [3.63, 3.8) is 0 Å². The zero-order valence-electron chi connectivity index (χ0n) is 12.3. The summed E-state index contributed by atoms with van der Waals surface area (Å²) in [5.41, 5.74) is -1.51. The van der Waals surface area contributed by atoms with E-state index in [1.54, 1.807) is 0 Å². The number of aromatic nitrogens is 6. The molecule has 3 aromatic rings. The van der Waals surface area contributed by atoms with E-state index < -0.39 is 17.3 Å². The molecular weight excluding hydrogens is 363 g/mol. The number of aromatic amines is 1. The third kappa shape index (κ3) is 3.60. The summed E-state index contributed by atoms with van der Waals surface area (Å²) in [6.45, 7) is 0.130. The van der Waals surface area contributed by atoms with Crippen molar-refractivity contribution in [1.82, 2.24) is 30.4 Å². The van der Waals surface area contributed by atoms with Crippen molar-refractivity contribution in [2.45, 2.75) is 12.7 Å². The largest absolute Gasteiger partial charge is 0.416 e. The van der Waals surface area contributed by atoms with Crippen LogP contribution in [0, 0.1) is 0 Å². The Balaban J connectivity index is 1.91. The molecule has 2 heterocycles. The average Bonchev–Trinajstić information content (AvgIpc) is 3.09. The molecule has 12 heteroatoms. The number of hydrogen-bond donors (Lipinski definition) is 2. The second kappa shape index (κ2) is 6.51. The Labute approximate surface area is 142 Å². The van der Waals surface area contributed by atoms with Gasteiger partial charge in [-0.2, -0.15) is 28.2 Å². The molecule has 2 aromatic heterocycles. The molecule has 2 N–H and O–H groups in total. The van der Waals surface area contributed by atoms with Crippen LogP contribution in [0.4, 0.5) is 18.9 Å². The maximum absolute atomic E-state index is 12.8. The van der Waals surface area contributed by atoms with Gasteiger partial charge in [-0.15, -0.1) is 10.2 Å². The zero-order chi connectivity index (χ0) is 18.0. The van der Waals surface area contributed by atoms with Crippen LogP contribution in [0.3, 0.4) is 0 Å². The summed E-state index contributed by atoms with van der Waals surface area (Å²) in [6.07, 6.45) is -3.31. The van der Waals surface area contributed by atoms with Gasteiger partial charge in [0.05, 0.1) is 29.7 Å². The molecule has 0 unspecified atom stereocenters. The summed E-state index contributed by atoms with van der Waals surface area (Å²) in [5.74, 6) is 0.332. The standard InChI is InChI=1S/C13H9ClF3N7O/c14-11-9(18-6-10-20-22-23-21-10)5-19-24(12(11)25)8-3-1-2-7(4-8)13(15,16)17/h1-5,18H,6H2,(H,20,21,22,23). The number of hydrogen-bond acceptors (Lipinski definition) is 6. The molecule has 25 heavy (non-hydrogen) atoms. The Hall–Kier alpha value is -2.95. The molecule has 0 aliphatic heterocycles. The number of rotatable bonds is 4. The fourth-order valence-corrected chi connectivity index (χ4v) is 2.18. The summed E-state index contributed by atoms with van der Waals surface area (Å²) in [7, 11) is 0. The van der Waals surface area contributed by atoms with Crippen LogP contribution in [0.15, 0.2) is 35.3 Å². The highest BCUT2D eigenvalue weighted by Crippen LogP contribution is 2.30. The first kappa shape index (κ1) is 16.9. The van der Waals surface area contributed by atoms with E-state index in [1.165, 1.54) is 18.3 Å². The lowest BCUT2D eigenvalue weighted by Crippen LogP contribution is -2.23. The van der Waals surface area contributed by atoms with Gasteiger partial charge < -0.3 is 5.32 Å². The van der Waals surface area contributed by atoms with Gasteiger partial charge in [-0.05, 0) is 18.2 Å². The lowest BCUT2D eigenvalue weighted by Gasteiger charge is -2.11. The first-order chi connectivity index (χ1) is 11.9. The highest BCUT2D eigenvalue weighted by atomic mass is 35.5. The monoisotopic (exact) mass is 371 g/mol. The van der Waals surface area contributed by atoms with Crippen LogP contribution in [0.2, 0.25) is 5.02 Å². The maximum Gasteiger partial charge on any atom is 0.416 e. The molecule has 0 atom stereocenters. The Kier molecular flexibility index (Phi) is 4.40. The molecule has 0 aliphatic rings. The molecule has 0 aliphatic carbocycles. The molecule has 0 bridgehead atoms. The maximum atomic E-state index is 12.8. The number of nitrogens with one attached hydrogen (secondary N) is 2. The van der Waals surface area contributed by atoms with Gasteiger partial charge in [0.1, 0.15) is 5.02 Å². The minimum Gasteiger partial charge on any atom is -0.375 e. The van der Waals surface area contributed by atoms with Crippen LogP contribution in [0.1, 0.15) is 11.4 Å². The second-order valence-corrected chi connectivity index (χ2v) is 5.20. The van der Waals surface area contributed by atoms with E-state index in [2.05, 4.69) is 31.0 Å². The van der Waals surface area contributed by atoms with Crippen LogP contribution >= 0.6 is 11.6 Å². The Morgan fingerprint density at radius 1 is 1.32 bits per heavy atom. The average molecular weight is 372 g/mol. The highest BCUT2D eigenvalue weighted by molar-refractivity contribution is 6.32. The van der Waals surface area contributed by atoms with E-state index in [0.717, 1.165) is 16.8 Å². The molecular formula is C13H9ClF3N7O. The molecule has 0 spiro atoms. The van der Waals surface area contributed by atoms with Gasteiger partial charge in [0, 0.05) is 0 Å². The van der Waals surface area contributed by atoms with Crippen molar-refractivity contribution >= 4 is 17.3 Å². The van der Waals surface area contributed by atoms with Crippen LogP contribution in [0.25, 0.3) is 5.69 Å². The molecule has 0 saturated heterocycles. The van der Waals surface area contributed by atoms with E-state index in [0.29, 0.717) is 5.82 Å².